The fourth-order valence-corrected chi connectivity index (χ4v) is 2.32. The number of methoxy groups -OCH3 is 1. The first kappa shape index (κ1) is 15.3. The van der Waals surface area contributed by atoms with Crippen molar-refractivity contribution in [3.05, 3.63) is 29.8 Å². The summed E-state index contributed by atoms with van der Waals surface area (Å²) in [6.07, 6.45) is 0. The van der Waals surface area contributed by atoms with E-state index in [0.717, 1.165) is 13.1 Å². The van der Waals surface area contributed by atoms with Crippen molar-refractivity contribution in [1.82, 2.24) is 15.1 Å². The average Bonchev–Trinajstić information content (AvgIpc) is 2.54. The third kappa shape index (κ3) is 3.72. The molecule has 0 bridgehead atoms. The molecule has 1 aliphatic rings. The molecule has 1 aromatic rings. The molecular formula is C15H21N3O3. The fourth-order valence-electron chi connectivity index (χ4n) is 2.32. The third-order valence-corrected chi connectivity index (χ3v) is 3.53. The van der Waals surface area contributed by atoms with Crippen molar-refractivity contribution in [1.29, 1.82) is 0 Å². The number of benzene rings is 1. The van der Waals surface area contributed by atoms with Gasteiger partial charge in [0.1, 0.15) is 5.75 Å². The van der Waals surface area contributed by atoms with Gasteiger partial charge in [0.2, 0.25) is 5.91 Å². The van der Waals surface area contributed by atoms with Gasteiger partial charge in [-0.25, -0.2) is 0 Å². The van der Waals surface area contributed by atoms with Crippen LogP contribution in [-0.2, 0) is 4.79 Å². The highest BCUT2D eigenvalue weighted by Crippen LogP contribution is 2.18. The predicted molar refractivity (Wildman–Crippen MR) is 79.4 cm³/mol. The molecule has 1 fully saturated rings. The van der Waals surface area contributed by atoms with Crippen molar-refractivity contribution in [3.63, 3.8) is 0 Å². The van der Waals surface area contributed by atoms with Gasteiger partial charge >= 0.3 is 0 Å². The second-order valence-electron chi connectivity index (χ2n) is 4.99. The first-order chi connectivity index (χ1) is 10.1. The number of hydrogen-bond acceptors (Lipinski definition) is 4. The Morgan fingerprint density at radius 2 is 1.95 bits per heavy atom. The predicted octanol–water partition coefficient (Wildman–Crippen LogP) is 0.199. The number of nitrogens with one attached hydrogen (secondary N) is 1. The van der Waals surface area contributed by atoms with Crippen LogP contribution in [0.3, 0.4) is 0 Å². The van der Waals surface area contributed by atoms with Crippen LogP contribution in [0.5, 0.6) is 5.75 Å². The third-order valence-electron chi connectivity index (χ3n) is 3.53. The molecule has 0 radical (unpaired) electrons. The normalized spacial score (nSPS) is 14.7. The summed E-state index contributed by atoms with van der Waals surface area (Å²) in [5.74, 6) is 0.280. The van der Waals surface area contributed by atoms with Crippen LogP contribution in [0.4, 0.5) is 0 Å². The van der Waals surface area contributed by atoms with E-state index < -0.39 is 0 Å². The number of amides is 2. The zero-order valence-corrected chi connectivity index (χ0v) is 12.5. The first-order valence-electron chi connectivity index (χ1n) is 7.00. The Kier molecular flexibility index (Phi) is 5.16. The lowest BCUT2D eigenvalue weighted by molar-refractivity contribution is -0.132. The second-order valence-corrected chi connectivity index (χ2v) is 4.99. The number of carbonyl (C=O) groups is 2. The molecule has 1 aromatic carbocycles. The van der Waals surface area contributed by atoms with Gasteiger partial charge in [-0.1, -0.05) is 12.1 Å². The number of hydrogen-bond donors (Lipinski definition) is 1. The molecule has 2 rings (SSSR count). The van der Waals surface area contributed by atoms with Crippen molar-refractivity contribution < 1.29 is 14.3 Å². The Labute approximate surface area is 124 Å². The van der Waals surface area contributed by atoms with Crippen LogP contribution in [0.2, 0.25) is 0 Å². The summed E-state index contributed by atoms with van der Waals surface area (Å²) in [5.41, 5.74) is 0.468. The van der Waals surface area contributed by atoms with E-state index in [1.54, 1.807) is 30.1 Å². The molecule has 6 nitrogen and oxygen atoms in total. The molecule has 1 aliphatic heterocycles. The molecule has 0 spiro atoms. The van der Waals surface area contributed by atoms with Crippen molar-refractivity contribution in [2.75, 3.05) is 46.9 Å². The summed E-state index contributed by atoms with van der Waals surface area (Å²) in [6, 6.07) is 7.02. The molecule has 1 heterocycles. The Hall–Kier alpha value is -2.08. The highest BCUT2D eigenvalue weighted by atomic mass is 16.5. The SMILES string of the molecule is COc1ccccc1C(=O)N(C)CC(=O)N1CCNCC1. The maximum Gasteiger partial charge on any atom is 0.257 e. The summed E-state index contributed by atoms with van der Waals surface area (Å²) < 4.78 is 5.19. The van der Waals surface area contributed by atoms with E-state index in [4.69, 9.17) is 4.74 Å². The lowest BCUT2D eigenvalue weighted by Gasteiger charge is -2.29. The fraction of sp³-hybridized carbons (Fsp3) is 0.467. The van der Waals surface area contributed by atoms with Crippen molar-refractivity contribution in [2.45, 2.75) is 0 Å². The second kappa shape index (κ2) is 7.08. The Morgan fingerprint density at radius 1 is 1.29 bits per heavy atom. The number of nitrogens with zero attached hydrogens (tertiary/aromatic N) is 2. The maximum absolute atomic E-state index is 12.4. The smallest absolute Gasteiger partial charge is 0.257 e. The largest absolute Gasteiger partial charge is 0.496 e. The molecule has 114 valence electrons. The first-order valence-corrected chi connectivity index (χ1v) is 7.00. The molecule has 1 saturated heterocycles. The van der Waals surface area contributed by atoms with Crippen molar-refractivity contribution in [2.24, 2.45) is 0 Å². The van der Waals surface area contributed by atoms with Crippen LogP contribution >= 0.6 is 0 Å². The number of para-hydroxylation sites is 1. The minimum atomic E-state index is -0.212. The molecule has 0 saturated carbocycles. The van der Waals surface area contributed by atoms with Gasteiger partial charge in [-0.2, -0.15) is 0 Å². The quantitative estimate of drug-likeness (QED) is 0.861. The van der Waals surface area contributed by atoms with Gasteiger partial charge in [-0.3, -0.25) is 9.59 Å². The molecule has 0 aromatic heterocycles. The highest BCUT2D eigenvalue weighted by molar-refractivity contribution is 5.98. The molecule has 0 unspecified atom stereocenters. The van der Waals surface area contributed by atoms with Crippen LogP contribution in [0.1, 0.15) is 10.4 Å². The van der Waals surface area contributed by atoms with Gasteiger partial charge < -0.3 is 19.9 Å². The molecule has 1 N–H and O–H groups in total. The Morgan fingerprint density at radius 3 is 2.62 bits per heavy atom. The number of piperazine rings is 1. The van der Waals surface area contributed by atoms with E-state index in [1.807, 2.05) is 6.07 Å². The van der Waals surface area contributed by atoms with Gasteiger partial charge in [-0.15, -0.1) is 0 Å². The van der Waals surface area contributed by atoms with Crippen LogP contribution in [-0.4, -0.2) is 68.5 Å². The lowest BCUT2D eigenvalue weighted by atomic mass is 10.1. The number of ether oxygens (including phenoxy) is 1. The van der Waals surface area contributed by atoms with Gasteiger partial charge in [0.05, 0.1) is 19.2 Å². The molecule has 0 atom stereocenters. The van der Waals surface area contributed by atoms with Crippen LogP contribution < -0.4 is 10.1 Å². The van der Waals surface area contributed by atoms with Gasteiger partial charge in [0, 0.05) is 33.2 Å². The van der Waals surface area contributed by atoms with E-state index in [9.17, 15) is 9.59 Å². The molecule has 6 heteroatoms. The zero-order chi connectivity index (χ0) is 15.2. The van der Waals surface area contributed by atoms with Crippen LogP contribution in [0, 0.1) is 0 Å². The monoisotopic (exact) mass is 291 g/mol. The van der Waals surface area contributed by atoms with E-state index in [-0.39, 0.29) is 18.4 Å². The van der Waals surface area contributed by atoms with E-state index >= 15 is 0 Å². The van der Waals surface area contributed by atoms with Gasteiger partial charge in [0.25, 0.3) is 5.91 Å². The van der Waals surface area contributed by atoms with Gasteiger partial charge in [0.15, 0.2) is 0 Å². The molecule has 0 aliphatic carbocycles. The van der Waals surface area contributed by atoms with Gasteiger partial charge in [-0.05, 0) is 12.1 Å². The standard InChI is InChI=1S/C15H21N3O3/c1-17(11-14(19)18-9-7-16-8-10-18)15(20)12-5-3-4-6-13(12)21-2/h3-6,16H,7-11H2,1-2H3. The maximum atomic E-state index is 12.4. The average molecular weight is 291 g/mol. The minimum Gasteiger partial charge on any atom is -0.496 e. The topological polar surface area (TPSA) is 61.9 Å². The highest BCUT2D eigenvalue weighted by Gasteiger charge is 2.22. The van der Waals surface area contributed by atoms with E-state index in [2.05, 4.69) is 5.32 Å². The summed E-state index contributed by atoms with van der Waals surface area (Å²) in [7, 11) is 3.16. The zero-order valence-electron chi connectivity index (χ0n) is 12.5. The van der Waals surface area contributed by atoms with Crippen molar-refractivity contribution >= 4 is 11.8 Å². The van der Waals surface area contributed by atoms with E-state index in [0.29, 0.717) is 24.4 Å². The number of likely N-dealkylation sites (N-methyl/N-ethyl adjacent to an activating group) is 1. The summed E-state index contributed by atoms with van der Waals surface area (Å²) in [5, 5.41) is 3.20. The number of rotatable bonds is 4. The molecular weight excluding hydrogens is 270 g/mol. The molecule has 2 amide bonds. The van der Waals surface area contributed by atoms with Crippen LogP contribution in [0.15, 0.2) is 24.3 Å². The summed E-state index contributed by atoms with van der Waals surface area (Å²) in [4.78, 5) is 27.8. The minimum absolute atomic E-state index is 0.0257. The summed E-state index contributed by atoms with van der Waals surface area (Å²) >= 11 is 0. The Bertz CT molecular complexity index is 513. The summed E-state index contributed by atoms with van der Waals surface area (Å²) in [6.45, 7) is 3.06. The van der Waals surface area contributed by atoms with E-state index in [1.165, 1.54) is 12.0 Å². The van der Waals surface area contributed by atoms with Crippen LogP contribution in [0.25, 0.3) is 0 Å². The molecule has 21 heavy (non-hydrogen) atoms. The number of carbonyl (C=O) groups excluding carboxylic acids is 2. The lowest BCUT2D eigenvalue weighted by Crippen LogP contribution is -2.49. The Balaban J connectivity index is 2.00. The van der Waals surface area contributed by atoms with Crippen molar-refractivity contribution in [3.8, 4) is 5.75 Å².